The first-order valence-corrected chi connectivity index (χ1v) is 33.8. The Labute approximate surface area is 457 Å². The van der Waals surface area contributed by atoms with E-state index in [1.54, 1.807) is 0 Å². The van der Waals surface area contributed by atoms with Crippen molar-refractivity contribution >= 4 is 11.9 Å². The van der Waals surface area contributed by atoms with Crippen molar-refractivity contribution in [2.75, 3.05) is 13.2 Å². The van der Waals surface area contributed by atoms with E-state index < -0.39 is 12.1 Å². The molecule has 0 radical (unpaired) electrons. The molecule has 6 nitrogen and oxygen atoms in total. The van der Waals surface area contributed by atoms with Crippen LogP contribution in [-0.2, 0) is 14.3 Å². The average molecular weight is 1030 g/mol. The second-order valence-electron chi connectivity index (χ2n) is 23.5. The van der Waals surface area contributed by atoms with Crippen LogP contribution in [0.2, 0.25) is 0 Å². The van der Waals surface area contributed by atoms with Gasteiger partial charge >= 0.3 is 5.97 Å². The number of ether oxygens (including phenoxy) is 1. The Hall–Kier alpha value is -1.14. The monoisotopic (exact) mass is 1030 g/mol. The number of nitrogens with one attached hydrogen (secondary N) is 1. The van der Waals surface area contributed by atoms with Gasteiger partial charge in [-0.25, -0.2) is 0 Å². The SMILES string of the molecule is CCCCCCCCCCCCCCCCCCCCC(O)C(CO)NC(=O)CCCCCCCCCCCCCCCCCCCCCCCCCCCCOC(=O)CCCCCCCCCCCCCC. The summed E-state index contributed by atoms with van der Waals surface area (Å²) in [6, 6.07) is -0.539. The number of hydrogen-bond acceptors (Lipinski definition) is 5. The maximum atomic E-state index is 12.5. The Morgan fingerprint density at radius 3 is 0.836 bits per heavy atom. The third-order valence-corrected chi connectivity index (χ3v) is 16.2. The van der Waals surface area contributed by atoms with Gasteiger partial charge in [0.05, 0.1) is 25.4 Å². The van der Waals surface area contributed by atoms with Gasteiger partial charge in [0.15, 0.2) is 0 Å². The molecule has 6 heteroatoms. The van der Waals surface area contributed by atoms with Crippen LogP contribution >= 0.6 is 0 Å². The van der Waals surface area contributed by atoms with Gasteiger partial charge in [-0.3, -0.25) is 9.59 Å². The van der Waals surface area contributed by atoms with Crippen molar-refractivity contribution in [2.45, 2.75) is 405 Å². The molecule has 0 saturated heterocycles. The quantitative estimate of drug-likeness (QED) is 0.0417. The lowest BCUT2D eigenvalue weighted by atomic mass is 10.0. The number of aliphatic hydroxyl groups excluding tert-OH is 2. The minimum atomic E-state index is -0.662. The molecular formula is C67H133NO5. The number of rotatable bonds is 64. The summed E-state index contributed by atoms with van der Waals surface area (Å²) in [4.78, 5) is 24.5. The summed E-state index contributed by atoms with van der Waals surface area (Å²) in [5, 5.41) is 23.4. The zero-order valence-corrected chi connectivity index (χ0v) is 49.9. The third kappa shape index (κ3) is 60.0. The Balaban J connectivity index is 3.34. The first kappa shape index (κ1) is 71.9. The Kier molecular flexibility index (Phi) is 62.4. The summed E-state index contributed by atoms with van der Waals surface area (Å²) >= 11 is 0. The van der Waals surface area contributed by atoms with E-state index >= 15 is 0 Å². The smallest absolute Gasteiger partial charge is 0.305 e. The van der Waals surface area contributed by atoms with E-state index in [-0.39, 0.29) is 18.5 Å². The molecule has 0 aromatic carbocycles. The van der Waals surface area contributed by atoms with Gasteiger partial charge in [0, 0.05) is 12.8 Å². The molecule has 0 heterocycles. The topological polar surface area (TPSA) is 95.9 Å². The van der Waals surface area contributed by atoms with Gasteiger partial charge in [0.2, 0.25) is 5.91 Å². The van der Waals surface area contributed by atoms with E-state index in [1.807, 2.05) is 0 Å². The zero-order chi connectivity index (χ0) is 52.9. The minimum absolute atomic E-state index is 0.0191. The van der Waals surface area contributed by atoms with Crippen LogP contribution in [0.1, 0.15) is 393 Å². The summed E-state index contributed by atoms with van der Waals surface area (Å²) in [5.74, 6) is -0.00907. The largest absolute Gasteiger partial charge is 0.466 e. The Morgan fingerprint density at radius 2 is 0.562 bits per heavy atom. The molecule has 0 fully saturated rings. The fraction of sp³-hybridized carbons (Fsp3) is 0.970. The molecule has 0 spiro atoms. The normalized spacial score (nSPS) is 12.4. The van der Waals surface area contributed by atoms with Crippen molar-refractivity contribution in [3.63, 3.8) is 0 Å². The fourth-order valence-corrected chi connectivity index (χ4v) is 11.0. The molecule has 0 aliphatic heterocycles. The molecule has 0 aliphatic carbocycles. The first-order chi connectivity index (χ1) is 36.0. The molecule has 2 atom stereocenters. The third-order valence-electron chi connectivity index (χ3n) is 16.2. The van der Waals surface area contributed by atoms with Gasteiger partial charge in [-0.15, -0.1) is 0 Å². The van der Waals surface area contributed by atoms with Crippen molar-refractivity contribution in [1.29, 1.82) is 0 Å². The number of esters is 1. The number of carbonyl (C=O) groups is 2. The standard InChI is InChI=1S/C67H133NO5/c1-3-5-7-9-11-13-15-17-18-19-30-33-36-39-43-47-51-55-59-65(70)64(63-69)68-66(71)60-56-52-48-44-40-37-34-31-28-26-24-22-20-21-23-25-27-29-32-35-38-42-46-50-54-58-62-73-67(72)61-57-53-49-45-41-16-14-12-10-8-6-4-2/h64-65,69-70H,3-63H2,1-2H3,(H,68,71). The Bertz CT molecular complexity index is 1050. The summed E-state index contributed by atoms with van der Waals surface area (Å²) in [6.45, 7) is 5.00. The van der Waals surface area contributed by atoms with E-state index in [9.17, 15) is 19.8 Å². The summed E-state index contributed by atoms with van der Waals surface area (Å²) in [6.07, 6.45) is 75.7. The highest BCUT2D eigenvalue weighted by molar-refractivity contribution is 5.76. The zero-order valence-electron chi connectivity index (χ0n) is 49.9. The van der Waals surface area contributed by atoms with Gasteiger partial charge in [-0.1, -0.05) is 354 Å². The molecule has 0 bridgehead atoms. The number of hydrogen-bond donors (Lipinski definition) is 3. The van der Waals surface area contributed by atoms with Crippen LogP contribution in [0.4, 0.5) is 0 Å². The number of unbranched alkanes of at least 4 members (excludes halogenated alkanes) is 53. The number of aliphatic hydroxyl groups is 2. The second-order valence-corrected chi connectivity index (χ2v) is 23.5. The van der Waals surface area contributed by atoms with Crippen molar-refractivity contribution in [2.24, 2.45) is 0 Å². The lowest BCUT2D eigenvalue weighted by molar-refractivity contribution is -0.143. The number of amides is 1. The van der Waals surface area contributed by atoms with Crippen molar-refractivity contribution in [3.8, 4) is 0 Å². The van der Waals surface area contributed by atoms with Crippen LogP contribution in [0.15, 0.2) is 0 Å². The predicted octanol–water partition coefficient (Wildman–Crippen LogP) is 21.4. The van der Waals surface area contributed by atoms with Gasteiger partial charge < -0.3 is 20.3 Å². The van der Waals surface area contributed by atoms with Gasteiger partial charge in [-0.2, -0.15) is 0 Å². The van der Waals surface area contributed by atoms with Crippen molar-refractivity contribution in [1.82, 2.24) is 5.32 Å². The average Bonchev–Trinajstić information content (AvgIpc) is 3.39. The molecule has 0 saturated carbocycles. The predicted molar refractivity (Wildman–Crippen MR) is 320 cm³/mol. The summed E-state index contributed by atoms with van der Waals surface area (Å²) < 4.78 is 5.48. The van der Waals surface area contributed by atoms with Crippen LogP contribution in [-0.4, -0.2) is 47.4 Å². The maximum Gasteiger partial charge on any atom is 0.305 e. The van der Waals surface area contributed by atoms with Crippen LogP contribution in [0.5, 0.6) is 0 Å². The van der Waals surface area contributed by atoms with Gasteiger partial charge in [0.1, 0.15) is 0 Å². The molecular weight excluding hydrogens is 899 g/mol. The lowest BCUT2D eigenvalue weighted by Crippen LogP contribution is -2.45. The highest BCUT2D eigenvalue weighted by Crippen LogP contribution is 2.19. The van der Waals surface area contributed by atoms with Gasteiger partial charge in [0.25, 0.3) is 0 Å². The minimum Gasteiger partial charge on any atom is -0.466 e. The van der Waals surface area contributed by atoms with Crippen LogP contribution in [0.25, 0.3) is 0 Å². The Morgan fingerprint density at radius 1 is 0.329 bits per heavy atom. The maximum absolute atomic E-state index is 12.5. The molecule has 73 heavy (non-hydrogen) atoms. The van der Waals surface area contributed by atoms with Crippen LogP contribution in [0, 0.1) is 0 Å². The van der Waals surface area contributed by atoms with E-state index in [1.165, 1.54) is 321 Å². The number of carbonyl (C=O) groups excluding carboxylic acids is 2. The molecule has 1 amide bonds. The highest BCUT2D eigenvalue weighted by atomic mass is 16.5. The fourth-order valence-electron chi connectivity index (χ4n) is 11.0. The molecule has 2 unspecified atom stereocenters. The molecule has 0 aromatic heterocycles. The van der Waals surface area contributed by atoms with Crippen LogP contribution in [0.3, 0.4) is 0 Å². The second kappa shape index (κ2) is 63.4. The molecule has 3 N–H and O–H groups in total. The van der Waals surface area contributed by atoms with Crippen molar-refractivity contribution < 1.29 is 24.5 Å². The van der Waals surface area contributed by atoms with Gasteiger partial charge in [-0.05, 0) is 25.7 Å². The molecule has 0 rings (SSSR count). The van der Waals surface area contributed by atoms with E-state index in [0.717, 1.165) is 38.5 Å². The van der Waals surface area contributed by atoms with Crippen molar-refractivity contribution in [3.05, 3.63) is 0 Å². The first-order valence-electron chi connectivity index (χ1n) is 33.8. The summed E-state index contributed by atoms with van der Waals surface area (Å²) in [5.41, 5.74) is 0. The lowest BCUT2D eigenvalue weighted by Gasteiger charge is -2.22. The summed E-state index contributed by atoms with van der Waals surface area (Å²) in [7, 11) is 0. The van der Waals surface area contributed by atoms with E-state index in [4.69, 9.17) is 4.74 Å². The van der Waals surface area contributed by atoms with Crippen LogP contribution < -0.4 is 5.32 Å². The molecule has 436 valence electrons. The van der Waals surface area contributed by atoms with E-state index in [2.05, 4.69) is 19.2 Å². The highest BCUT2D eigenvalue weighted by Gasteiger charge is 2.20. The molecule has 0 aromatic rings. The molecule has 0 aliphatic rings. The van der Waals surface area contributed by atoms with E-state index in [0.29, 0.717) is 25.9 Å².